The largest absolute Gasteiger partial charge is 0.493 e. The third-order valence-corrected chi connectivity index (χ3v) is 5.00. The lowest BCUT2D eigenvalue weighted by Gasteiger charge is -2.19. The second-order valence-corrected chi connectivity index (χ2v) is 7.83. The zero-order chi connectivity index (χ0) is 20.8. The quantitative estimate of drug-likeness (QED) is 0.537. The molecule has 0 heterocycles. The maximum atomic E-state index is 11.3. The van der Waals surface area contributed by atoms with Crippen molar-refractivity contribution in [2.24, 2.45) is 5.92 Å². The Kier molecular flexibility index (Phi) is 8.25. The highest BCUT2D eigenvalue weighted by Crippen LogP contribution is 2.37. The number of hydrogen-bond donors (Lipinski definition) is 2. The van der Waals surface area contributed by atoms with Gasteiger partial charge in [-0.3, -0.25) is 4.79 Å². The van der Waals surface area contributed by atoms with E-state index < -0.39 is 12.0 Å². The van der Waals surface area contributed by atoms with Gasteiger partial charge in [0, 0.05) is 22.2 Å². The topological polar surface area (TPSA) is 67.8 Å². The van der Waals surface area contributed by atoms with Crippen LogP contribution in [0.2, 0.25) is 15.1 Å². The minimum Gasteiger partial charge on any atom is -0.493 e. The first kappa shape index (κ1) is 22.6. The van der Waals surface area contributed by atoms with Gasteiger partial charge >= 0.3 is 5.97 Å². The molecule has 0 bridgehead atoms. The lowest BCUT2D eigenvalue weighted by Crippen LogP contribution is -2.40. The molecule has 2 N–H and O–H groups in total. The summed E-state index contributed by atoms with van der Waals surface area (Å²) >= 11 is 18.5. The molecule has 0 fully saturated rings. The van der Waals surface area contributed by atoms with Crippen LogP contribution in [0, 0.1) is 5.92 Å². The summed E-state index contributed by atoms with van der Waals surface area (Å²) in [5.41, 5.74) is 1.54. The Hall–Kier alpha value is -1.66. The number of carboxylic acid groups (broad SMARTS) is 1. The van der Waals surface area contributed by atoms with Gasteiger partial charge in [0.2, 0.25) is 0 Å². The number of methoxy groups -OCH3 is 1. The molecule has 1 unspecified atom stereocenters. The number of carbonyl (C=O) groups is 1. The Labute approximate surface area is 179 Å². The smallest absolute Gasteiger partial charge is 0.320 e. The summed E-state index contributed by atoms with van der Waals surface area (Å²) in [5, 5.41) is 13.7. The van der Waals surface area contributed by atoms with Crippen molar-refractivity contribution in [3.05, 3.63) is 56.5 Å². The van der Waals surface area contributed by atoms with E-state index in [4.69, 9.17) is 44.3 Å². The van der Waals surface area contributed by atoms with Crippen molar-refractivity contribution in [2.75, 3.05) is 7.11 Å². The van der Waals surface area contributed by atoms with Crippen LogP contribution in [0.1, 0.15) is 25.0 Å². The van der Waals surface area contributed by atoms with Crippen molar-refractivity contribution in [3.63, 3.8) is 0 Å². The number of ether oxygens (including phenoxy) is 2. The van der Waals surface area contributed by atoms with Crippen LogP contribution in [0.25, 0.3) is 0 Å². The van der Waals surface area contributed by atoms with E-state index in [2.05, 4.69) is 5.32 Å². The lowest BCUT2D eigenvalue weighted by molar-refractivity contribution is -0.140. The summed E-state index contributed by atoms with van der Waals surface area (Å²) in [6.45, 7) is 4.21. The lowest BCUT2D eigenvalue weighted by atomic mass is 10.0. The maximum Gasteiger partial charge on any atom is 0.320 e. The van der Waals surface area contributed by atoms with Crippen LogP contribution in [-0.2, 0) is 17.9 Å². The van der Waals surface area contributed by atoms with Gasteiger partial charge in [0.1, 0.15) is 12.6 Å². The first-order valence-electron chi connectivity index (χ1n) is 8.62. The summed E-state index contributed by atoms with van der Waals surface area (Å²) < 4.78 is 11.2. The third-order valence-electron chi connectivity index (χ3n) is 4.14. The highest BCUT2D eigenvalue weighted by molar-refractivity contribution is 6.35. The highest BCUT2D eigenvalue weighted by atomic mass is 35.5. The summed E-state index contributed by atoms with van der Waals surface area (Å²) in [6.07, 6.45) is 0. The fourth-order valence-corrected chi connectivity index (χ4v) is 3.39. The molecule has 2 aromatic carbocycles. The molecule has 5 nitrogen and oxygen atoms in total. The van der Waals surface area contributed by atoms with E-state index in [-0.39, 0.29) is 12.5 Å². The molecule has 0 spiro atoms. The van der Waals surface area contributed by atoms with Crippen molar-refractivity contribution >= 4 is 40.8 Å². The SMILES string of the molecule is COc1cc(CNC(C(=O)O)C(C)C)cc(Cl)c1OCc1ccc(Cl)cc1Cl. The van der Waals surface area contributed by atoms with E-state index in [1.807, 2.05) is 13.8 Å². The van der Waals surface area contributed by atoms with E-state index in [0.717, 1.165) is 11.1 Å². The van der Waals surface area contributed by atoms with Gasteiger partial charge in [0.05, 0.1) is 12.1 Å². The fraction of sp³-hybridized carbons (Fsp3) is 0.350. The van der Waals surface area contributed by atoms with Gasteiger partial charge in [-0.05, 0) is 35.7 Å². The Morgan fingerprint density at radius 3 is 2.43 bits per heavy atom. The van der Waals surface area contributed by atoms with Gasteiger partial charge in [-0.2, -0.15) is 0 Å². The molecular weight excluding hydrogens is 425 g/mol. The van der Waals surface area contributed by atoms with E-state index in [1.165, 1.54) is 7.11 Å². The van der Waals surface area contributed by atoms with E-state index in [9.17, 15) is 9.90 Å². The van der Waals surface area contributed by atoms with Crippen molar-refractivity contribution in [1.82, 2.24) is 5.32 Å². The number of benzene rings is 2. The Morgan fingerprint density at radius 1 is 1.14 bits per heavy atom. The molecule has 0 saturated carbocycles. The van der Waals surface area contributed by atoms with Crippen LogP contribution in [0.4, 0.5) is 0 Å². The molecule has 0 aliphatic carbocycles. The normalized spacial score (nSPS) is 12.1. The van der Waals surface area contributed by atoms with Gasteiger partial charge < -0.3 is 19.9 Å². The molecule has 0 aromatic heterocycles. The van der Waals surface area contributed by atoms with Crippen LogP contribution in [0.5, 0.6) is 11.5 Å². The standard InChI is InChI=1S/C20H22Cl3NO4/c1-11(2)18(20(25)26)24-9-12-6-16(23)19(17(7-12)27-3)28-10-13-4-5-14(21)8-15(13)22/h4-8,11,18,24H,9-10H2,1-3H3,(H,25,26). The Balaban J connectivity index is 2.15. The van der Waals surface area contributed by atoms with E-state index in [0.29, 0.717) is 33.1 Å². The number of rotatable bonds is 9. The molecule has 0 saturated heterocycles. The summed E-state index contributed by atoms with van der Waals surface area (Å²) in [5.74, 6) is -0.113. The van der Waals surface area contributed by atoms with Gasteiger partial charge in [-0.1, -0.05) is 54.7 Å². The van der Waals surface area contributed by atoms with E-state index >= 15 is 0 Å². The molecule has 0 aliphatic heterocycles. The molecule has 152 valence electrons. The molecule has 8 heteroatoms. The minimum atomic E-state index is -0.896. The second-order valence-electron chi connectivity index (χ2n) is 6.57. The molecule has 0 radical (unpaired) electrons. The molecule has 2 aromatic rings. The molecule has 0 amide bonds. The van der Waals surface area contributed by atoms with Crippen molar-refractivity contribution in [1.29, 1.82) is 0 Å². The third kappa shape index (κ3) is 5.92. The predicted octanol–water partition coefficient (Wildman–Crippen LogP) is 5.43. The Bertz CT molecular complexity index is 842. The van der Waals surface area contributed by atoms with Crippen molar-refractivity contribution in [2.45, 2.75) is 33.0 Å². The minimum absolute atomic E-state index is 0.0541. The first-order chi connectivity index (χ1) is 13.2. The molecule has 2 rings (SSSR count). The zero-order valence-corrected chi connectivity index (χ0v) is 18.0. The van der Waals surface area contributed by atoms with Gasteiger partial charge in [0.15, 0.2) is 11.5 Å². The predicted molar refractivity (Wildman–Crippen MR) is 112 cm³/mol. The van der Waals surface area contributed by atoms with Crippen LogP contribution in [-0.4, -0.2) is 24.2 Å². The summed E-state index contributed by atoms with van der Waals surface area (Å²) in [6, 6.07) is 7.97. The average molecular weight is 447 g/mol. The fourth-order valence-electron chi connectivity index (χ4n) is 2.64. The molecule has 0 aliphatic rings. The monoisotopic (exact) mass is 445 g/mol. The summed E-state index contributed by atoms with van der Waals surface area (Å²) in [4.78, 5) is 11.3. The zero-order valence-electron chi connectivity index (χ0n) is 15.8. The number of aliphatic carboxylic acids is 1. The maximum absolute atomic E-state index is 11.3. The molecular formula is C20H22Cl3NO4. The van der Waals surface area contributed by atoms with Crippen LogP contribution in [0.15, 0.2) is 30.3 Å². The van der Waals surface area contributed by atoms with Gasteiger partial charge in [0.25, 0.3) is 0 Å². The number of halogens is 3. The number of nitrogens with one attached hydrogen (secondary N) is 1. The van der Waals surface area contributed by atoms with Gasteiger partial charge in [-0.15, -0.1) is 0 Å². The average Bonchev–Trinajstić information content (AvgIpc) is 2.61. The van der Waals surface area contributed by atoms with Gasteiger partial charge in [-0.25, -0.2) is 0 Å². The van der Waals surface area contributed by atoms with Crippen LogP contribution >= 0.6 is 34.8 Å². The Morgan fingerprint density at radius 2 is 1.86 bits per heavy atom. The second kappa shape index (κ2) is 10.2. The van der Waals surface area contributed by atoms with Crippen LogP contribution in [0.3, 0.4) is 0 Å². The van der Waals surface area contributed by atoms with Crippen molar-refractivity contribution in [3.8, 4) is 11.5 Å². The van der Waals surface area contributed by atoms with Crippen molar-refractivity contribution < 1.29 is 19.4 Å². The first-order valence-corrected chi connectivity index (χ1v) is 9.75. The summed E-state index contributed by atoms with van der Waals surface area (Å²) in [7, 11) is 1.51. The number of carboxylic acids is 1. The highest BCUT2D eigenvalue weighted by Gasteiger charge is 2.21. The number of hydrogen-bond acceptors (Lipinski definition) is 4. The molecule has 1 atom stereocenters. The van der Waals surface area contributed by atoms with E-state index in [1.54, 1.807) is 30.3 Å². The van der Waals surface area contributed by atoms with Crippen LogP contribution < -0.4 is 14.8 Å². The molecule has 28 heavy (non-hydrogen) atoms.